The summed E-state index contributed by atoms with van der Waals surface area (Å²) in [6.45, 7) is 0. The summed E-state index contributed by atoms with van der Waals surface area (Å²) < 4.78 is 7.03. The predicted octanol–water partition coefficient (Wildman–Crippen LogP) is 2.41. The van der Waals surface area contributed by atoms with E-state index in [0.717, 1.165) is 10.7 Å². The van der Waals surface area contributed by atoms with Gasteiger partial charge < -0.3 is 10.5 Å². The Morgan fingerprint density at radius 2 is 2.35 bits per heavy atom. The van der Waals surface area contributed by atoms with Gasteiger partial charge in [0.05, 0.1) is 24.9 Å². The van der Waals surface area contributed by atoms with Crippen LogP contribution in [0, 0.1) is 0 Å². The van der Waals surface area contributed by atoms with Gasteiger partial charge in [0.1, 0.15) is 5.75 Å². The highest BCUT2D eigenvalue weighted by molar-refractivity contribution is 7.15. The molecular formula is C14H13N3O2S. The zero-order valence-corrected chi connectivity index (χ0v) is 11.7. The number of ether oxygens (including phenoxy) is 1. The van der Waals surface area contributed by atoms with Gasteiger partial charge in [-0.15, -0.1) is 11.3 Å². The maximum absolute atomic E-state index is 12.3. The monoisotopic (exact) mass is 287 g/mol. The molecule has 0 atom stereocenters. The van der Waals surface area contributed by atoms with E-state index in [2.05, 4.69) is 4.98 Å². The molecule has 2 aromatic heterocycles. The smallest absolute Gasteiger partial charge is 0.193 e. The lowest BCUT2D eigenvalue weighted by atomic mass is 10.0. The van der Waals surface area contributed by atoms with Gasteiger partial charge in [0.15, 0.2) is 10.7 Å². The SMILES string of the molecule is COc1cccc(C(=O)Cc2cn3ccsc3n2)c1N. The van der Waals surface area contributed by atoms with Crippen LogP contribution in [-0.2, 0) is 6.42 Å². The molecule has 6 heteroatoms. The second kappa shape index (κ2) is 4.97. The molecule has 20 heavy (non-hydrogen) atoms. The van der Waals surface area contributed by atoms with E-state index < -0.39 is 0 Å². The number of carbonyl (C=O) groups excluding carboxylic acids is 1. The second-order valence-corrected chi connectivity index (χ2v) is 5.22. The maximum atomic E-state index is 12.3. The number of rotatable bonds is 4. The van der Waals surface area contributed by atoms with Crippen LogP contribution >= 0.6 is 11.3 Å². The summed E-state index contributed by atoms with van der Waals surface area (Å²) in [6.07, 6.45) is 4.01. The fourth-order valence-electron chi connectivity index (χ4n) is 2.09. The summed E-state index contributed by atoms with van der Waals surface area (Å²) in [4.78, 5) is 17.6. The van der Waals surface area contributed by atoms with Crippen LogP contribution in [0.3, 0.4) is 0 Å². The molecule has 102 valence electrons. The number of benzene rings is 1. The minimum Gasteiger partial charge on any atom is -0.495 e. The first kappa shape index (κ1) is 12.7. The predicted molar refractivity (Wildman–Crippen MR) is 78.5 cm³/mol. The van der Waals surface area contributed by atoms with Crippen LogP contribution in [0.15, 0.2) is 36.0 Å². The molecule has 3 rings (SSSR count). The van der Waals surface area contributed by atoms with E-state index >= 15 is 0 Å². The van der Waals surface area contributed by atoms with Crippen LogP contribution in [0.25, 0.3) is 4.96 Å². The molecule has 0 radical (unpaired) electrons. The summed E-state index contributed by atoms with van der Waals surface area (Å²) in [7, 11) is 1.53. The van der Waals surface area contributed by atoms with Crippen LogP contribution in [-0.4, -0.2) is 22.3 Å². The molecule has 0 fully saturated rings. The minimum absolute atomic E-state index is 0.0628. The summed E-state index contributed by atoms with van der Waals surface area (Å²) >= 11 is 1.54. The summed E-state index contributed by atoms with van der Waals surface area (Å²) in [5, 5.41) is 1.95. The zero-order valence-electron chi connectivity index (χ0n) is 10.9. The van der Waals surface area contributed by atoms with Gasteiger partial charge in [-0.2, -0.15) is 0 Å². The summed E-state index contributed by atoms with van der Waals surface area (Å²) in [5.74, 6) is 0.453. The highest BCUT2D eigenvalue weighted by atomic mass is 32.1. The molecule has 0 saturated heterocycles. The first-order chi connectivity index (χ1) is 9.69. The van der Waals surface area contributed by atoms with Crippen LogP contribution in [0.4, 0.5) is 5.69 Å². The molecule has 0 spiro atoms. The molecule has 0 aliphatic rings. The van der Waals surface area contributed by atoms with E-state index in [-0.39, 0.29) is 12.2 Å². The van der Waals surface area contributed by atoms with E-state index in [0.29, 0.717) is 17.0 Å². The van der Waals surface area contributed by atoms with Gasteiger partial charge in [-0.25, -0.2) is 4.98 Å². The first-order valence-corrected chi connectivity index (χ1v) is 6.94. The molecule has 2 N–H and O–H groups in total. The Hall–Kier alpha value is -2.34. The Morgan fingerprint density at radius 1 is 1.50 bits per heavy atom. The largest absolute Gasteiger partial charge is 0.495 e. The fourth-order valence-corrected chi connectivity index (χ4v) is 2.81. The van der Waals surface area contributed by atoms with Crippen molar-refractivity contribution in [2.45, 2.75) is 6.42 Å². The van der Waals surface area contributed by atoms with Crippen molar-refractivity contribution in [3.63, 3.8) is 0 Å². The van der Waals surface area contributed by atoms with Gasteiger partial charge in [0, 0.05) is 23.3 Å². The maximum Gasteiger partial charge on any atom is 0.193 e. The van der Waals surface area contributed by atoms with E-state index in [1.807, 2.05) is 22.2 Å². The van der Waals surface area contributed by atoms with E-state index in [1.165, 1.54) is 18.4 Å². The molecule has 0 saturated carbocycles. The Morgan fingerprint density at radius 3 is 3.10 bits per heavy atom. The van der Waals surface area contributed by atoms with Crippen LogP contribution in [0.5, 0.6) is 5.75 Å². The lowest BCUT2D eigenvalue weighted by Gasteiger charge is -2.08. The number of para-hydroxylation sites is 1. The number of thiazole rings is 1. The van der Waals surface area contributed by atoms with Crippen molar-refractivity contribution in [1.82, 2.24) is 9.38 Å². The molecule has 2 heterocycles. The van der Waals surface area contributed by atoms with Gasteiger partial charge in [0.2, 0.25) is 0 Å². The molecule has 3 aromatic rings. The van der Waals surface area contributed by atoms with Gasteiger partial charge in [0.25, 0.3) is 0 Å². The molecular weight excluding hydrogens is 274 g/mol. The number of anilines is 1. The fraction of sp³-hybridized carbons (Fsp3) is 0.143. The molecule has 0 aliphatic carbocycles. The van der Waals surface area contributed by atoms with Gasteiger partial charge in [-0.1, -0.05) is 6.07 Å². The summed E-state index contributed by atoms with van der Waals surface area (Å²) in [5.41, 5.74) is 7.52. The second-order valence-electron chi connectivity index (χ2n) is 4.35. The first-order valence-electron chi connectivity index (χ1n) is 6.06. The third-order valence-electron chi connectivity index (χ3n) is 3.07. The number of nitrogen functional groups attached to an aromatic ring is 1. The van der Waals surface area contributed by atoms with E-state index in [4.69, 9.17) is 10.5 Å². The molecule has 0 bridgehead atoms. The average molecular weight is 287 g/mol. The Balaban J connectivity index is 1.87. The minimum atomic E-state index is -0.0628. The number of hydrogen-bond acceptors (Lipinski definition) is 5. The third-order valence-corrected chi connectivity index (χ3v) is 3.84. The van der Waals surface area contributed by atoms with Crippen molar-refractivity contribution in [2.75, 3.05) is 12.8 Å². The number of fused-ring (bicyclic) bond motifs is 1. The van der Waals surface area contributed by atoms with Crippen LogP contribution < -0.4 is 10.5 Å². The normalized spacial score (nSPS) is 10.8. The van der Waals surface area contributed by atoms with Crippen molar-refractivity contribution in [1.29, 1.82) is 0 Å². The van der Waals surface area contributed by atoms with Crippen molar-refractivity contribution in [2.24, 2.45) is 0 Å². The number of aromatic nitrogens is 2. The third kappa shape index (κ3) is 2.14. The Kier molecular flexibility index (Phi) is 3.15. The highest BCUT2D eigenvalue weighted by Crippen LogP contribution is 2.26. The van der Waals surface area contributed by atoms with Crippen molar-refractivity contribution in [3.8, 4) is 5.75 Å². The number of carbonyl (C=O) groups is 1. The lowest BCUT2D eigenvalue weighted by Crippen LogP contribution is -2.08. The standard InChI is InChI=1S/C14H13N3O2S/c1-19-12-4-2-3-10(13(12)15)11(18)7-9-8-17-5-6-20-14(17)16-9/h2-6,8H,7,15H2,1H3. The van der Waals surface area contributed by atoms with Crippen molar-refractivity contribution < 1.29 is 9.53 Å². The van der Waals surface area contributed by atoms with Crippen molar-refractivity contribution in [3.05, 3.63) is 47.2 Å². The Labute approximate surface area is 119 Å². The number of nitrogens with zero attached hydrogens (tertiary/aromatic N) is 2. The highest BCUT2D eigenvalue weighted by Gasteiger charge is 2.15. The number of Topliss-reactive ketones (excluding diaryl/α,β-unsaturated/α-hetero) is 1. The number of methoxy groups -OCH3 is 1. The quantitative estimate of drug-likeness (QED) is 0.591. The molecule has 0 aliphatic heterocycles. The zero-order chi connectivity index (χ0) is 14.1. The summed E-state index contributed by atoms with van der Waals surface area (Å²) in [6, 6.07) is 5.20. The Bertz CT molecular complexity index is 747. The molecule has 0 amide bonds. The van der Waals surface area contributed by atoms with Crippen LogP contribution in [0.1, 0.15) is 16.1 Å². The van der Waals surface area contributed by atoms with Crippen molar-refractivity contribution >= 4 is 27.8 Å². The number of nitrogens with two attached hydrogens (primary N) is 1. The average Bonchev–Trinajstić information content (AvgIpc) is 2.99. The topological polar surface area (TPSA) is 69.6 Å². The molecule has 0 unspecified atom stereocenters. The van der Waals surface area contributed by atoms with Gasteiger partial charge >= 0.3 is 0 Å². The number of ketones is 1. The number of hydrogen-bond donors (Lipinski definition) is 1. The van der Waals surface area contributed by atoms with Crippen LogP contribution in [0.2, 0.25) is 0 Å². The van der Waals surface area contributed by atoms with Gasteiger partial charge in [-0.05, 0) is 12.1 Å². The van der Waals surface area contributed by atoms with E-state index in [9.17, 15) is 4.79 Å². The van der Waals surface area contributed by atoms with Gasteiger partial charge in [-0.3, -0.25) is 9.20 Å². The van der Waals surface area contributed by atoms with E-state index in [1.54, 1.807) is 18.2 Å². The number of imidazole rings is 1. The molecule has 1 aromatic carbocycles. The lowest BCUT2D eigenvalue weighted by molar-refractivity contribution is 0.0992. The molecule has 5 nitrogen and oxygen atoms in total.